The van der Waals surface area contributed by atoms with Crippen LogP contribution in [0.15, 0.2) is 36.7 Å². The number of aromatic nitrogens is 2. The molecule has 0 saturated carbocycles. The number of primary amides is 1. The molecule has 2 aromatic heterocycles. The second kappa shape index (κ2) is 8.62. The van der Waals surface area contributed by atoms with Crippen molar-refractivity contribution in [2.75, 3.05) is 32.1 Å². The normalized spacial score (nSPS) is 15.6. The van der Waals surface area contributed by atoms with Crippen LogP contribution in [0, 0.1) is 5.92 Å². The number of hydrogen-bond donors (Lipinski definition) is 2. The van der Waals surface area contributed by atoms with Crippen molar-refractivity contribution >= 4 is 11.7 Å². The molecule has 7 nitrogen and oxygen atoms in total. The number of anilines is 1. The number of piperidine rings is 1. The van der Waals surface area contributed by atoms with E-state index in [1.807, 2.05) is 12.1 Å². The molecule has 1 amide bonds. The van der Waals surface area contributed by atoms with Crippen LogP contribution in [0.5, 0.6) is 5.88 Å². The summed E-state index contributed by atoms with van der Waals surface area (Å²) in [5, 5.41) is 3.15. The first-order valence-corrected chi connectivity index (χ1v) is 8.87. The topological polar surface area (TPSA) is 93.4 Å². The predicted octanol–water partition coefficient (Wildman–Crippen LogP) is 1.91. The average molecular weight is 355 g/mol. The minimum Gasteiger partial charge on any atom is -0.477 e. The Balaban J connectivity index is 1.55. The Morgan fingerprint density at radius 2 is 2.12 bits per heavy atom. The van der Waals surface area contributed by atoms with E-state index >= 15 is 0 Å². The molecule has 0 atom stereocenters. The van der Waals surface area contributed by atoms with Gasteiger partial charge in [0.2, 0.25) is 5.88 Å². The number of hydrogen-bond acceptors (Lipinski definition) is 6. The Hall–Kier alpha value is -2.67. The number of pyridine rings is 2. The van der Waals surface area contributed by atoms with Gasteiger partial charge in [-0.2, -0.15) is 0 Å². The summed E-state index contributed by atoms with van der Waals surface area (Å²) in [5.41, 5.74) is 6.75. The Morgan fingerprint density at radius 1 is 1.31 bits per heavy atom. The fourth-order valence-electron chi connectivity index (χ4n) is 3.00. The molecule has 1 aliphatic heterocycles. The van der Waals surface area contributed by atoms with Crippen LogP contribution in [0.1, 0.15) is 28.8 Å². The third-order valence-corrected chi connectivity index (χ3v) is 4.64. The van der Waals surface area contributed by atoms with Crippen molar-refractivity contribution in [3.63, 3.8) is 0 Å². The minimum absolute atomic E-state index is 0.375. The van der Waals surface area contributed by atoms with Gasteiger partial charge in [-0.05, 0) is 62.7 Å². The summed E-state index contributed by atoms with van der Waals surface area (Å²) in [5.74, 6) is 1.18. The van der Waals surface area contributed by atoms with E-state index in [1.165, 1.54) is 0 Å². The number of carbonyl (C=O) groups is 1. The molecule has 0 bridgehead atoms. The van der Waals surface area contributed by atoms with Gasteiger partial charge in [-0.25, -0.2) is 9.97 Å². The van der Waals surface area contributed by atoms with Gasteiger partial charge in [-0.15, -0.1) is 0 Å². The average Bonchev–Trinajstić information content (AvgIpc) is 2.66. The van der Waals surface area contributed by atoms with E-state index < -0.39 is 5.91 Å². The van der Waals surface area contributed by atoms with Crippen molar-refractivity contribution in [1.29, 1.82) is 0 Å². The zero-order valence-electron chi connectivity index (χ0n) is 15.0. The number of likely N-dealkylation sites (tertiary alicyclic amines) is 1. The highest BCUT2D eigenvalue weighted by Crippen LogP contribution is 2.19. The lowest BCUT2D eigenvalue weighted by molar-refractivity contribution is 0.100. The fraction of sp³-hybridized carbons (Fsp3) is 0.421. The molecular weight excluding hydrogens is 330 g/mol. The summed E-state index contributed by atoms with van der Waals surface area (Å²) in [6.07, 6.45) is 5.67. The van der Waals surface area contributed by atoms with Crippen LogP contribution in [0.25, 0.3) is 0 Å². The van der Waals surface area contributed by atoms with Crippen LogP contribution >= 0.6 is 0 Å². The molecule has 0 unspecified atom stereocenters. The fourth-order valence-corrected chi connectivity index (χ4v) is 3.00. The van der Waals surface area contributed by atoms with Crippen LogP contribution in [0.3, 0.4) is 0 Å². The molecule has 0 spiro atoms. The summed E-state index contributed by atoms with van der Waals surface area (Å²) in [6, 6.07) is 7.16. The molecule has 7 heteroatoms. The third kappa shape index (κ3) is 4.92. The number of amides is 1. The highest BCUT2D eigenvalue weighted by molar-refractivity contribution is 5.97. The van der Waals surface area contributed by atoms with Crippen LogP contribution < -0.4 is 15.8 Å². The van der Waals surface area contributed by atoms with Crippen molar-refractivity contribution in [3.05, 3.63) is 47.8 Å². The van der Waals surface area contributed by atoms with Crippen LogP contribution in [-0.2, 0) is 6.54 Å². The van der Waals surface area contributed by atoms with E-state index in [0.717, 1.165) is 31.5 Å². The SMILES string of the molecule is CN1CCC(COc2cc(CNc3ncccc3C(N)=O)ccn2)CC1. The van der Waals surface area contributed by atoms with E-state index in [9.17, 15) is 4.79 Å². The maximum Gasteiger partial charge on any atom is 0.252 e. The van der Waals surface area contributed by atoms with E-state index in [0.29, 0.717) is 36.3 Å². The maximum atomic E-state index is 11.5. The Labute approximate surface area is 153 Å². The first-order chi connectivity index (χ1) is 12.6. The monoisotopic (exact) mass is 355 g/mol. The van der Waals surface area contributed by atoms with E-state index in [-0.39, 0.29) is 0 Å². The zero-order valence-corrected chi connectivity index (χ0v) is 15.0. The third-order valence-electron chi connectivity index (χ3n) is 4.64. The van der Waals surface area contributed by atoms with Crippen molar-refractivity contribution in [3.8, 4) is 5.88 Å². The van der Waals surface area contributed by atoms with Gasteiger partial charge in [0.25, 0.3) is 5.91 Å². The lowest BCUT2D eigenvalue weighted by Crippen LogP contribution is -2.32. The van der Waals surface area contributed by atoms with Gasteiger partial charge in [0.15, 0.2) is 0 Å². The molecule has 3 N–H and O–H groups in total. The molecule has 1 saturated heterocycles. The largest absolute Gasteiger partial charge is 0.477 e. The number of carbonyl (C=O) groups excluding carboxylic acids is 1. The predicted molar refractivity (Wildman–Crippen MR) is 100 cm³/mol. The van der Waals surface area contributed by atoms with Crippen molar-refractivity contribution in [2.24, 2.45) is 11.7 Å². The van der Waals surface area contributed by atoms with E-state index in [2.05, 4.69) is 27.2 Å². The molecule has 0 radical (unpaired) electrons. The van der Waals surface area contributed by atoms with Crippen molar-refractivity contribution in [2.45, 2.75) is 19.4 Å². The maximum absolute atomic E-state index is 11.5. The molecule has 138 valence electrons. The van der Waals surface area contributed by atoms with E-state index in [4.69, 9.17) is 10.5 Å². The Morgan fingerprint density at radius 3 is 2.88 bits per heavy atom. The minimum atomic E-state index is -0.502. The van der Waals surface area contributed by atoms with Gasteiger partial charge in [0.05, 0.1) is 12.2 Å². The summed E-state index contributed by atoms with van der Waals surface area (Å²) in [4.78, 5) is 22.3. The molecule has 3 rings (SSSR count). The highest BCUT2D eigenvalue weighted by Gasteiger charge is 2.17. The van der Waals surface area contributed by atoms with Gasteiger partial charge in [-0.3, -0.25) is 4.79 Å². The molecule has 0 aliphatic carbocycles. The van der Waals surface area contributed by atoms with E-state index in [1.54, 1.807) is 24.5 Å². The van der Waals surface area contributed by atoms with Gasteiger partial charge in [0.1, 0.15) is 5.82 Å². The Bertz CT molecular complexity index is 744. The van der Waals surface area contributed by atoms with Gasteiger partial charge >= 0.3 is 0 Å². The number of nitrogens with two attached hydrogens (primary N) is 1. The summed E-state index contributed by atoms with van der Waals surface area (Å²) < 4.78 is 5.89. The molecule has 26 heavy (non-hydrogen) atoms. The van der Waals surface area contributed by atoms with Crippen molar-refractivity contribution < 1.29 is 9.53 Å². The Kier molecular flexibility index (Phi) is 6.01. The summed E-state index contributed by atoms with van der Waals surface area (Å²) in [7, 11) is 2.15. The first kappa shape index (κ1) is 18.1. The highest BCUT2D eigenvalue weighted by atomic mass is 16.5. The molecule has 1 fully saturated rings. The molecule has 1 aliphatic rings. The number of ether oxygens (including phenoxy) is 1. The van der Waals surface area contributed by atoms with Crippen LogP contribution in [-0.4, -0.2) is 47.5 Å². The summed E-state index contributed by atoms with van der Waals surface area (Å²) in [6.45, 7) is 3.45. The summed E-state index contributed by atoms with van der Waals surface area (Å²) >= 11 is 0. The molecule has 2 aromatic rings. The molecule has 0 aromatic carbocycles. The molecular formula is C19H25N5O2. The lowest BCUT2D eigenvalue weighted by Gasteiger charge is -2.28. The second-order valence-corrected chi connectivity index (χ2v) is 6.68. The zero-order chi connectivity index (χ0) is 18.4. The van der Waals surface area contributed by atoms with Crippen LogP contribution in [0.4, 0.5) is 5.82 Å². The number of nitrogens with zero attached hydrogens (tertiary/aromatic N) is 3. The van der Waals surface area contributed by atoms with Crippen molar-refractivity contribution in [1.82, 2.24) is 14.9 Å². The second-order valence-electron chi connectivity index (χ2n) is 6.68. The number of rotatable bonds is 7. The first-order valence-electron chi connectivity index (χ1n) is 8.87. The molecule has 3 heterocycles. The quantitative estimate of drug-likeness (QED) is 0.788. The van der Waals surface area contributed by atoms with Crippen LogP contribution in [0.2, 0.25) is 0 Å². The smallest absolute Gasteiger partial charge is 0.252 e. The van der Waals surface area contributed by atoms with Gasteiger partial charge < -0.3 is 20.7 Å². The standard InChI is InChI=1S/C19H25N5O2/c1-24-9-5-14(6-10-24)13-26-17-11-15(4-8-21-17)12-23-19-16(18(20)25)3-2-7-22-19/h2-4,7-8,11,14H,5-6,9-10,12-13H2,1H3,(H2,20,25)(H,22,23). The van der Waals surface area contributed by atoms with Gasteiger partial charge in [0, 0.05) is 25.0 Å². The number of nitrogens with one attached hydrogen (secondary N) is 1. The lowest BCUT2D eigenvalue weighted by atomic mass is 9.98. The van der Waals surface area contributed by atoms with Gasteiger partial charge in [-0.1, -0.05) is 0 Å².